The van der Waals surface area contributed by atoms with Crippen LogP contribution in [0, 0.1) is 5.92 Å². The van der Waals surface area contributed by atoms with Crippen molar-refractivity contribution in [1.29, 1.82) is 0 Å². The molecule has 1 heterocycles. The molecule has 0 aromatic rings. The maximum Gasteiger partial charge on any atom is 0.0278 e. The highest BCUT2D eigenvalue weighted by Crippen LogP contribution is 2.22. The number of nitrogens with zero attached hydrogens (tertiary/aromatic N) is 1. The zero-order valence-corrected chi connectivity index (χ0v) is 14.0. The molecule has 0 amide bonds. The van der Waals surface area contributed by atoms with E-state index < -0.39 is 0 Å². The minimum atomic E-state index is 0.332. The van der Waals surface area contributed by atoms with E-state index in [-0.39, 0.29) is 0 Å². The van der Waals surface area contributed by atoms with Gasteiger partial charge in [0.25, 0.3) is 0 Å². The van der Waals surface area contributed by atoms with Crippen LogP contribution in [0.1, 0.15) is 73.1 Å². The largest absolute Gasteiger partial charge is 0.311 e. The van der Waals surface area contributed by atoms with Crippen molar-refractivity contribution in [1.82, 2.24) is 10.2 Å². The summed E-state index contributed by atoms with van der Waals surface area (Å²) in [6, 6.07) is 0.698. The Kier molecular flexibility index (Phi) is 7.38. The van der Waals surface area contributed by atoms with Crippen LogP contribution < -0.4 is 5.32 Å². The first-order valence-electron chi connectivity index (χ1n) is 8.44. The molecule has 0 saturated carbocycles. The zero-order valence-electron chi connectivity index (χ0n) is 14.0. The Bertz CT molecular complexity index is 235. The number of nitrogens with one attached hydrogen (secondary N) is 1. The number of unbranched alkanes of at least 4 members (excludes halogenated alkanes) is 4. The molecule has 2 heteroatoms. The van der Waals surface area contributed by atoms with Gasteiger partial charge in [-0.2, -0.15) is 0 Å². The summed E-state index contributed by atoms with van der Waals surface area (Å²) >= 11 is 0. The Morgan fingerprint density at radius 1 is 1.16 bits per heavy atom. The quantitative estimate of drug-likeness (QED) is 0.668. The Morgan fingerprint density at radius 3 is 2.47 bits per heavy atom. The number of rotatable bonds is 8. The van der Waals surface area contributed by atoms with Crippen molar-refractivity contribution in [3.63, 3.8) is 0 Å². The highest BCUT2D eigenvalue weighted by molar-refractivity contribution is 4.92. The van der Waals surface area contributed by atoms with Crippen LogP contribution >= 0.6 is 0 Å². The van der Waals surface area contributed by atoms with Crippen LogP contribution in [0.25, 0.3) is 0 Å². The smallest absolute Gasteiger partial charge is 0.0278 e. The van der Waals surface area contributed by atoms with Crippen molar-refractivity contribution in [2.75, 3.05) is 19.6 Å². The second-order valence-electron chi connectivity index (χ2n) is 7.38. The van der Waals surface area contributed by atoms with Gasteiger partial charge in [-0.15, -0.1) is 0 Å². The van der Waals surface area contributed by atoms with E-state index in [4.69, 9.17) is 0 Å². The van der Waals surface area contributed by atoms with Crippen molar-refractivity contribution in [2.24, 2.45) is 5.92 Å². The minimum Gasteiger partial charge on any atom is -0.311 e. The standard InChI is InChI=1S/C17H36N2/c1-6-7-8-9-10-11-19-13-16(12-15(2)3)18-14-17(19,4)5/h15-16,18H,6-14H2,1-5H3. The first kappa shape index (κ1) is 17.0. The van der Waals surface area contributed by atoms with Crippen LogP contribution in [0.4, 0.5) is 0 Å². The van der Waals surface area contributed by atoms with Crippen molar-refractivity contribution in [3.05, 3.63) is 0 Å². The van der Waals surface area contributed by atoms with Gasteiger partial charge in [-0.1, -0.05) is 46.5 Å². The first-order valence-corrected chi connectivity index (χ1v) is 8.44. The molecular weight excluding hydrogens is 232 g/mol. The molecule has 114 valence electrons. The van der Waals surface area contributed by atoms with Crippen LogP contribution in [0.2, 0.25) is 0 Å². The van der Waals surface area contributed by atoms with Crippen LogP contribution in [-0.2, 0) is 0 Å². The second kappa shape index (κ2) is 8.26. The lowest BCUT2D eigenvalue weighted by Crippen LogP contribution is -2.62. The molecule has 0 aliphatic carbocycles. The van der Waals surface area contributed by atoms with E-state index in [0.717, 1.165) is 12.5 Å². The van der Waals surface area contributed by atoms with Crippen LogP contribution in [-0.4, -0.2) is 36.1 Å². The topological polar surface area (TPSA) is 15.3 Å². The Hall–Kier alpha value is -0.0800. The van der Waals surface area contributed by atoms with Crippen molar-refractivity contribution < 1.29 is 0 Å². The molecule has 0 radical (unpaired) electrons. The fourth-order valence-electron chi connectivity index (χ4n) is 3.11. The molecule has 1 N–H and O–H groups in total. The van der Waals surface area contributed by atoms with Gasteiger partial charge in [0.1, 0.15) is 0 Å². The molecule has 1 aliphatic rings. The van der Waals surface area contributed by atoms with Gasteiger partial charge in [0, 0.05) is 24.7 Å². The summed E-state index contributed by atoms with van der Waals surface area (Å²) in [7, 11) is 0. The summed E-state index contributed by atoms with van der Waals surface area (Å²) in [5, 5.41) is 3.74. The summed E-state index contributed by atoms with van der Waals surface area (Å²) < 4.78 is 0. The average Bonchev–Trinajstić information content (AvgIpc) is 2.32. The van der Waals surface area contributed by atoms with Crippen LogP contribution in [0.5, 0.6) is 0 Å². The highest BCUT2D eigenvalue weighted by Gasteiger charge is 2.33. The average molecular weight is 268 g/mol. The van der Waals surface area contributed by atoms with E-state index >= 15 is 0 Å². The van der Waals surface area contributed by atoms with Gasteiger partial charge in [0.05, 0.1) is 0 Å². The first-order chi connectivity index (χ1) is 8.95. The predicted molar refractivity (Wildman–Crippen MR) is 85.7 cm³/mol. The van der Waals surface area contributed by atoms with E-state index in [1.807, 2.05) is 0 Å². The lowest BCUT2D eigenvalue weighted by molar-refractivity contribution is 0.0592. The van der Waals surface area contributed by atoms with Gasteiger partial charge >= 0.3 is 0 Å². The summed E-state index contributed by atoms with van der Waals surface area (Å²) in [5.74, 6) is 0.796. The highest BCUT2D eigenvalue weighted by atomic mass is 15.3. The molecule has 1 atom stereocenters. The third-order valence-electron chi connectivity index (χ3n) is 4.41. The van der Waals surface area contributed by atoms with Gasteiger partial charge in [0.2, 0.25) is 0 Å². The van der Waals surface area contributed by atoms with E-state index in [9.17, 15) is 0 Å². The normalized spacial score (nSPS) is 24.0. The second-order valence-corrected chi connectivity index (χ2v) is 7.38. The molecule has 0 aromatic heterocycles. The molecule has 2 nitrogen and oxygen atoms in total. The minimum absolute atomic E-state index is 0.332. The lowest BCUT2D eigenvalue weighted by Gasteiger charge is -2.46. The van der Waals surface area contributed by atoms with Gasteiger partial charge < -0.3 is 5.32 Å². The van der Waals surface area contributed by atoms with Crippen LogP contribution in [0.15, 0.2) is 0 Å². The summed E-state index contributed by atoms with van der Waals surface area (Å²) in [4.78, 5) is 2.72. The molecule has 0 bridgehead atoms. The number of hydrogen-bond acceptors (Lipinski definition) is 2. The van der Waals surface area contributed by atoms with Crippen molar-refractivity contribution in [3.8, 4) is 0 Å². The maximum atomic E-state index is 3.74. The Labute approximate surface area is 121 Å². The third-order valence-corrected chi connectivity index (χ3v) is 4.41. The molecule has 1 unspecified atom stereocenters. The van der Waals surface area contributed by atoms with Gasteiger partial charge in [-0.3, -0.25) is 4.90 Å². The van der Waals surface area contributed by atoms with E-state index in [0.29, 0.717) is 11.6 Å². The van der Waals surface area contributed by atoms with Crippen LogP contribution in [0.3, 0.4) is 0 Å². The molecule has 1 fully saturated rings. The summed E-state index contributed by atoms with van der Waals surface area (Å²) in [6.45, 7) is 15.4. The molecule has 0 spiro atoms. The lowest BCUT2D eigenvalue weighted by atomic mass is 9.93. The maximum absolute atomic E-state index is 3.74. The molecule has 1 rings (SSSR count). The number of piperazine rings is 1. The Balaban J connectivity index is 2.34. The Morgan fingerprint density at radius 2 is 1.84 bits per heavy atom. The van der Waals surface area contributed by atoms with Gasteiger partial charge in [-0.25, -0.2) is 0 Å². The summed E-state index contributed by atoms with van der Waals surface area (Å²) in [5.41, 5.74) is 0.332. The molecule has 0 aromatic carbocycles. The monoisotopic (exact) mass is 268 g/mol. The molecule has 19 heavy (non-hydrogen) atoms. The predicted octanol–water partition coefficient (Wildman–Crippen LogP) is 4.06. The van der Waals surface area contributed by atoms with E-state index in [2.05, 4.69) is 44.8 Å². The van der Waals surface area contributed by atoms with E-state index in [1.165, 1.54) is 51.6 Å². The van der Waals surface area contributed by atoms with Gasteiger partial charge in [-0.05, 0) is 39.2 Å². The fourth-order valence-corrected chi connectivity index (χ4v) is 3.11. The van der Waals surface area contributed by atoms with E-state index in [1.54, 1.807) is 0 Å². The van der Waals surface area contributed by atoms with Crippen molar-refractivity contribution in [2.45, 2.75) is 84.7 Å². The number of hydrogen-bond donors (Lipinski definition) is 1. The molecule has 1 aliphatic heterocycles. The SMILES string of the molecule is CCCCCCCN1CC(CC(C)C)NCC1(C)C. The third kappa shape index (κ3) is 6.27. The zero-order chi connectivity index (χ0) is 14.3. The molecular formula is C17H36N2. The van der Waals surface area contributed by atoms with Gasteiger partial charge in [0.15, 0.2) is 0 Å². The fraction of sp³-hybridized carbons (Fsp3) is 1.00. The summed E-state index contributed by atoms with van der Waals surface area (Å²) in [6.07, 6.45) is 8.25. The molecule has 1 saturated heterocycles. The van der Waals surface area contributed by atoms with Crippen molar-refractivity contribution >= 4 is 0 Å².